The van der Waals surface area contributed by atoms with Gasteiger partial charge in [0.15, 0.2) is 5.96 Å². The molecule has 2 rings (SSSR count). The van der Waals surface area contributed by atoms with Crippen LogP contribution in [0.2, 0.25) is 0 Å². The summed E-state index contributed by atoms with van der Waals surface area (Å²) in [5, 5.41) is 10.5. The number of guanidine groups is 1. The molecule has 30 heavy (non-hydrogen) atoms. The number of benzene rings is 1. The Bertz CT molecular complexity index is 592. The van der Waals surface area contributed by atoms with E-state index in [1.807, 2.05) is 7.05 Å². The van der Waals surface area contributed by atoms with Crippen LogP contribution in [-0.4, -0.2) is 58.1 Å². The van der Waals surface area contributed by atoms with Gasteiger partial charge in [0, 0.05) is 58.1 Å². The molecule has 1 aliphatic rings. The zero-order chi connectivity index (χ0) is 21.0. The Balaban J connectivity index is 0.00000450. The molecule has 1 atom stereocenters. The molecule has 0 aliphatic carbocycles. The van der Waals surface area contributed by atoms with Crippen molar-refractivity contribution >= 4 is 29.9 Å². The molecule has 1 unspecified atom stereocenters. The van der Waals surface area contributed by atoms with Gasteiger partial charge in [-0.25, -0.2) is 0 Å². The van der Waals surface area contributed by atoms with Crippen molar-refractivity contribution in [2.24, 2.45) is 10.9 Å². The first-order valence-electron chi connectivity index (χ1n) is 10.9. The highest BCUT2D eigenvalue weighted by molar-refractivity contribution is 14.0. The maximum absolute atomic E-state index is 5.82. The number of ether oxygens (including phenoxy) is 2. The van der Waals surface area contributed by atoms with Gasteiger partial charge >= 0.3 is 0 Å². The summed E-state index contributed by atoms with van der Waals surface area (Å²) in [6.07, 6.45) is 3.22. The molecule has 6 nitrogen and oxygen atoms in total. The van der Waals surface area contributed by atoms with Crippen LogP contribution in [0, 0.1) is 5.92 Å². The Morgan fingerprint density at radius 3 is 2.57 bits per heavy atom. The second-order valence-electron chi connectivity index (χ2n) is 8.50. The average Bonchev–Trinajstić information content (AvgIpc) is 2.73. The Hall–Kier alpha value is -0.900. The first kappa shape index (κ1) is 27.1. The summed E-state index contributed by atoms with van der Waals surface area (Å²) in [6.45, 7) is 11.6. The van der Waals surface area contributed by atoms with Gasteiger partial charge in [0.2, 0.25) is 0 Å². The molecule has 7 heteroatoms. The Labute approximate surface area is 200 Å². The third-order valence-electron chi connectivity index (χ3n) is 5.28. The van der Waals surface area contributed by atoms with Crippen molar-refractivity contribution in [3.05, 3.63) is 35.9 Å². The highest BCUT2D eigenvalue weighted by atomic mass is 127. The predicted octanol–water partition coefficient (Wildman–Crippen LogP) is 3.73. The minimum Gasteiger partial charge on any atom is -0.381 e. The molecule has 1 aliphatic heterocycles. The van der Waals surface area contributed by atoms with Crippen LogP contribution in [0.5, 0.6) is 0 Å². The van der Waals surface area contributed by atoms with Crippen molar-refractivity contribution in [2.45, 2.75) is 51.6 Å². The molecule has 0 saturated carbocycles. The van der Waals surface area contributed by atoms with E-state index in [-0.39, 0.29) is 35.6 Å². The SMILES string of the molecule is CN=C(NCCCOCC1CCOCC1)NCC(C)(C)NC(C)c1ccccc1.I. The van der Waals surface area contributed by atoms with E-state index in [1.165, 1.54) is 5.56 Å². The quantitative estimate of drug-likeness (QED) is 0.176. The molecule has 1 saturated heterocycles. The molecule has 3 N–H and O–H groups in total. The van der Waals surface area contributed by atoms with Gasteiger partial charge in [-0.1, -0.05) is 30.3 Å². The molecule has 0 amide bonds. The van der Waals surface area contributed by atoms with Gasteiger partial charge in [0.1, 0.15) is 0 Å². The molecule has 172 valence electrons. The zero-order valence-electron chi connectivity index (χ0n) is 19.1. The summed E-state index contributed by atoms with van der Waals surface area (Å²) in [4.78, 5) is 4.33. The summed E-state index contributed by atoms with van der Waals surface area (Å²) in [5.74, 6) is 1.50. The Morgan fingerprint density at radius 2 is 1.90 bits per heavy atom. The lowest BCUT2D eigenvalue weighted by Gasteiger charge is -2.31. The van der Waals surface area contributed by atoms with Gasteiger partial charge < -0.3 is 25.4 Å². The van der Waals surface area contributed by atoms with E-state index < -0.39 is 0 Å². The lowest BCUT2D eigenvalue weighted by Crippen LogP contribution is -2.52. The third-order valence-corrected chi connectivity index (χ3v) is 5.28. The highest BCUT2D eigenvalue weighted by Gasteiger charge is 2.21. The second-order valence-corrected chi connectivity index (χ2v) is 8.50. The summed E-state index contributed by atoms with van der Waals surface area (Å²) in [5.41, 5.74) is 1.23. The van der Waals surface area contributed by atoms with E-state index in [1.54, 1.807) is 0 Å². The molecular formula is C23H41IN4O2. The van der Waals surface area contributed by atoms with Crippen LogP contribution in [0.1, 0.15) is 51.6 Å². The minimum atomic E-state index is -0.0697. The fraction of sp³-hybridized carbons (Fsp3) is 0.696. The fourth-order valence-electron chi connectivity index (χ4n) is 3.53. The lowest BCUT2D eigenvalue weighted by molar-refractivity contribution is 0.0203. The summed E-state index contributed by atoms with van der Waals surface area (Å²) >= 11 is 0. The molecule has 1 heterocycles. The maximum Gasteiger partial charge on any atom is 0.191 e. The van der Waals surface area contributed by atoms with E-state index in [0.717, 1.165) is 64.7 Å². The molecule has 1 aromatic carbocycles. The van der Waals surface area contributed by atoms with Crippen LogP contribution >= 0.6 is 24.0 Å². The molecule has 0 bridgehead atoms. The van der Waals surface area contributed by atoms with E-state index >= 15 is 0 Å². The van der Waals surface area contributed by atoms with E-state index in [0.29, 0.717) is 5.92 Å². The van der Waals surface area contributed by atoms with E-state index in [2.05, 4.69) is 72.0 Å². The Kier molecular flexibility index (Phi) is 13.6. The summed E-state index contributed by atoms with van der Waals surface area (Å²) < 4.78 is 11.2. The maximum atomic E-state index is 5.82. The van der Waals surface area contributed by atoms with Crippen LogP contribution in [0.4, 0.5) is 0 Å². The van der Waals surface area contributed by atoms with Gasteiger partial charge in [-0.05, 0) is 51.5 Å². The van der Waals surface area contributed by atoms with E-state index in [9.17, 15) is 0 Å². The topological polar surface area (TPSA) is 66.9 Å². The van der Waals surface area contributed by atoms with Crippen LogP contribution < -0.4 is 16.0 Å². The largest absolute Gasteiger partial charge is 0.381 e. The standard InChI is InChI=1S/C23H40N4O2.HI/c1-19(21-9-6-5-7-10-21)27-23(2,3)18-26-22(24-4)25-13-8-14-29-17-20-11-15-28-16-12-20;/h5-7,9-10,19-20,27H,8,11-18H2,1-4H3,(H2,24,25,26);1H. The van der Waals surface area contributed by atoms with Gasteiger partial charge in [0.05, 0.1) is 0 Å². The lowest BCUT2D eigenvalue weighted by atomic mass is 10.0. The second kappa shape index (κ2) is 15.0. The molecule has 0 radical (unpaired) electrons. The summed E-state index contributed by atoms with van der Waals surface area (Å²) in [7, 11) is 1.81. The molecule has 1 fully saturated rings. The normalized spacial score (nSPS) is 16.6. The number of rotatable bonds is 11. The third kappa shape index (κ3) is 10.9. The number of nitrogens with one attached hydrogen (secondary N) is 3. The van der Waals surface area contributed by atoms with Crippen LogP contribution in [0.3, 0.4) is 0 Å². The first-order chi connectivity index (χ1) is 14.0. The minimum absolute atomic E-state index is 0. The van der Waals surface area contributed by atoms with Crippen molar-refractivity contribution in [1.82, 2.24) is 16.0 Å². The van der Waals surface area contributed by atoms with Crippen LogP contribution in [0.15, 0.2) is 35.3 Å². The predicted molar refractivity (Wildman–Crippen MR) is 136 cm³/mol. The van der Waals surface area contributed by atoms with Crippen molar-refractivity contribution in [1.29, 1.82) is 0 Å². The van der Waals surface area contributed by atoms with Gasteiger partial charge in [-0.15, -0.1) is 24.0 Å². The monoisotopic (exact) mass is 532 g/mol. The van der Waals surface area contributed by atoms with Crippen LogP contribution in [0.25, 0.3) is 0 Å². The fourth-order valence-corrected chi connectivity index (χ4v) is 3.53. The van der Waals surface area contributed by atoms with Crippen molar-refractivity contribution in [3.8, 4) is 0 Å². The number of halogens is 1. The first-order valence-corrected chi connectivity index (χ1v) is 10.9. The number of hydrogen-bond acceptors (Lipinski definition) is 4. The number of nitrogens with zero attached hydrogens (tertiary/aromatic N) is 1. The van der Waals surface area contributed by atoms with Crippen molar-refractivity contribution in [2.75, 3.05) is 46.6 Å². The number of aliphatic imine (C=N–C) groups is 1. The molecule has 0 aromatic heterocycles. The van der Waals surface area contributed by atoms with Gasteiger partial charge in [0.25, 0.3) is 0 Å². The highest BCUT2D eigenvalue weighted by Crippen LogP contribution is 2.16. The van der Waals surface area contributed by atoms with Crippen LogP contribution in [-0.2, 0) is 9.47 Å². The van der Waals surface area contributed by atoms with Gasteiger partial charge in [-0.2, -0.15) is 0 Å². The van der Waals surface area contributed by atoms with Crippen molar-refractivity contribution in [3.63, 3.8) is 0 Å². The molecular weight excluding hydrogens is 491 g/mol. The molecule has 1 aromatic rings. The zero-order valence-corrected chi connectivity index (χ0v) is 21.4. The van der Waals surface area contributed by atoms with Gasteiger partial charge in [-0.3, -0.25) is 4.99 Å². The molecule has 0 spiro atoms. The summed E-state index contributed by atoms with van der Waals surface area (Å²) in [6, 6.07) is 10.8. The number of hydrogen-bond donors (Lipinski definition) is 3. The van der Waals surface area contributed by atoms with E-state index in [4.69, 9.17) is 9.47 Å². The average molecular weight is 533 g/mol. The van der Waals surface area contributed by atoms with Crippen molar-refractivity contribution < 1.29 is 9.47 Å². The smallest absolute Gasteiger partial charge is 0.191 e. The Morgan fingerprint density at radius 1 is 1.20 bits per heavy atom.